The molecule has 2 saturated carbocycles. The molecule has 2 aliphatic carbocycles. The highest BCUT2D eigenvalue weighted by atomic mass is 32.2. The minimum absolute atomic E-state index is 0.677. The number of thioether (sulfide) groups is 1. The molecule has 0 aromatic carbocycles. The summed E-state index contributed by atoms with van der Waals surface area (Å²) in [6.07, 6.45) is 10.7. The number of rotatable bonds is 0. The van der Waals surface area contributed by atoms with Gasteiger partial charge in [0.1, 0.15) is 0 Å². The van der Waals surface area contributed by atoms with Crippen molar-refractivity contribution in [1.29, 1.82) is 0 Å². The molecule has 1 heterocycles. The molecule has 2 spiro atoms. The van der Waals surface area contributed by atoms with Crippen molar-refractivity contribution in [3.05, 3.63) is 12.2 Å². The monoisotopic (exact) mass is 138 g/mol. The summed E-state index contributed by atoms with van der Waals surface area (Å²) in [5, 5.41) is 0. The predicted molar refractivity (Wildman–Crippen MR) is 40.7 cm³/mol. The third-order valence-electron chi connectivity index (χ3n) is 2.58. The van der Waals surface area contributed by atoms with Gasteiger partial charge < -0.3 is 0 Å². The summed E-state index contributed by atoms with van der Waals surface area (Å²) in [6, 6.07) is 0. The quantitative estimate of drug-likeness (QED) is 0.463. The van der Waals surface area contributed by atoms with Crippen LogP contribution in [0.3, 0.4) is 0 Å². The maximum atomic E-state index is 2.46. The van der Waals surface area contributed by atoms with Crippen molar-refractivity contribution in [1.82, 2.24) is 0 Å². The molecule has 0 bridgehead atoms. The van der Waals surface area contributed by atoms with Crippen LogP contribution in [0.1, 0.15) is 25.7 Å². The molecule has 0 aromatic rings. The van der Waals surface area contributed by atoms with Gasteiger partial charge in [0.2, 0.25) is 0 Å². The zero-order valence-electron chi connectivity index (χ0n) is 5.39. The van der Waals surface area contributed by atoms with Gasteiger partial charge in [0.25, 0.3) is 0 Å². The van der Waals surface area contributed by atoms with Crippen molar-refractivity contribution < 1.29 is 0 Å². The number of hydrogen-bond acceptors (Lipinski definition) is 1. The summed E-state index contributed by atoms with van der Waals surface area (Å²) in [6.45, 7) is 0. The fourth-order valence-electron chi connectivity index (χ4n) is 1.56. The molecular formula is C8H10S. The standard InChI is InChI=1S/C8H10S/c1-2-7(1)5-6-8(9-7)3-4-8/h5-6H,1-4H2. The largest absolute Gasteiger partial charge is 0.140 e. The van der Waals surface area contributed by atoms with Gasteiger partial charge in [-0.1, -0.05) is 12.2 Å². The summed E-state index contributed by atoms with van der Waals surface area (Å²) >= 11 is 2.24. The normalized spacial score (nSPS) is 38.2. The van der Waals surface area contributed by atoms with Crippen LogP contribution in [0.4, 0.5) is 0 Å². The average molecular weight is 138 g/mol. The molecule has 0 nitrogen and oxygen atoms in total. The molecule has 2 fully saturated rings. The molecule has 0 radical (unpaired) electrons. The van der Waals surface area contributed by atoms with Gasteiger partial charge in [-0.15, -0.1) is 11.8 Å². The molecule has 0 saturated heterocycles. The van der Waals surface area contributed by atoms with E-state index < -0.39 is 0 Å². The van der Waals surface area contributed by atoms with Crippen molar-refractivity contribution in [2.45, 2.75) is 35.2 Å². The summed E-state index contributed by atoms with van der Waals surface area (Å²) in [7, 11) is 0. The lowest BCUT2D eigenvalue weighted by molar-refractivity contribution is 1.21. The van der Waals surface area contributed by atoms with Gasteiger partial charge >= 0.3 is 0 Å². The third kappa shape index (κ3) is 0.563. The predicted octanol–water partition coefficient (Wildman–Crippen LogP) is 2.35. The molecule has 0 unspecified atom stereocenters. The first-order valence-corrected chi connectivity index (χ1v) is 4.55. The third-order valence-corrected chi connectivity index (χ3v) is 4.48. The minimum atomic E-state index is 0.677. The Bertz CT molecular complexity index is 165. The van der Waals surface area contributed by atoms with Crippen LogP contribution in [0.2, 0.25) is 0 Å². The first kappa shape index (κ1) is 4.84. The molecule has 9 heavy (non-hydrogen) atoms. The Balaban J connectivity index is 1.96. The van der Waals surface area contributed by atoms with Crippen molar-refractivity contribution in [3.63, 3.8) is 0 Å². The van der Waals surface area contributed by atoms with Crippen molar-refractivity contribution >= 4 is 11.8 Å². The van der Waals surface area contributed by atoms with E-state index in [4.69, 9.17) is 0 Å². The highest BCUT2D eigenvalue weighted by molar-refractivity contribution is 8.03. The summed E-state index contributed by atoms with van der Waals surface area (Å²) in [5.41, 5.74) is 0. The summed E-state index contributed by atoms with van der Waals surface area (Å²) in [5.74, 6) is 0. The Morgan fingerprint density at radius 3 is 1.56 bits per heavy atom. The van der Waals surface area contributed by atoms with E-state index in [1.807, 2.05) is 0 Å². The van der Waals surface area contributed by atoms with Gasteiger partial charge in [-0.2, -0.15) is 0 Å². The molecular weight excluding hydrogens is 128 g/mol. The molecule has 0 atom stereocenters. The maximum absolute atomic E-state index is 2.46. The van der Waals surface area contributed by atoms with Crippen molar-refractivity contribution in [2.75, 3.05) is 0 Å². The van der Waals surface area contributed by atoms with Crippen LogP contribution in [0, 0.1) is 0 Å². The molecule has 48 valence electrons. The Hall–Kier alpha value is 0.0900. The summed E-state index contributed by atoms with van der Waals surface area (Å²) < 4.78 is 1.35. The van der Waals surface area contributed by atoms with Gasteiger partial charge in [-0.3, -0.25) is 0 Å². The Kier molecular flexibility index (Phi) is 0.600. The Morgan fingerprint density at radius 2 is 1.33 bits per heavy atom. The van der Waals surface area contributed by atoms with Crippen LogP contribution in [0.25, 0.3) is 0 Å². The molecule has 1 heteroatoms. The van der Waals surface area contributed by atoms with Gasteiger partial charge in [0, 0.05) is 9.49 Å². The van der Waals surface area contributed by atoms with Gasteiger partial charge in [-0.05, 0) is 25.7 Å². The average Bonchev–Trinajstić information content (AvgIpc) is 2.62. The second-order valence-corrected chi connectivity index (χ2v) is 5.40. The lowest BCUT2D eigenvalue weighted by Gasteiger charge is -2.05. The van der Waals surface area contributed by atoms with E-state index in [0.717, 1.165) is 0 Å². The van der Waals surface area contributed by atoms with E-state index in [9.17, 15) is 0 Å². The zero-order valence-corrected chi connectivity index (χ0v) is 6.21. The second-order valence-electron chi connectivity index (χ2n) is 3.56. The highest BCUT2D eigenvalue weighted by Gasteiger charge is 2.56. The van der Waals surface area contributed by atoms with E-state index in [1.54, 1.807) is 0 Å². The second kappa shape index (κ2) is 1.12. The Morgan fingerprint density at radius 1 is 0.889 bits per heavy atom. The van der Waals surface area contributed by atoms with Gasteiger partial charge in [0.15, 0.2) is 0 Å². The van der Waals surface area contributed by atoms with Crippen LogP contribution in [-0.2, 0) is 0 Å². The van der Waals surface area contributed by atoms with E-state index in [2.05, 4.69) is 23.9 Å². The van der Waals surface area contributed by atoms with Gasteiger partial charge in [-0.25, -0.2) is 0 Å². The van der Waals surface area contributed by atoms with Gasteiger partial charge in [0.05, 0.1) is 0 Å². The Labute approximate surface area is 59.7 Å². The van der Waals surface area contributed by atoms with Crippen molar-refractivity contribution in [3.8, 4) is 0 Å². The smallest absolute Gasteiger partial charge is 0.0349 e. The molecule has 1 aliphatic heterocycles. The van der Waals surface area contributed by atoms with Crippen LogP contribution >= 0.6 is 11.8 Å². The SMILES string of the molecule is C1=CC2(CC2)SC12CC2. The zero-order chi connectivity index (χ0) is 5.95. The lowest BCUT2D eigenvalue weighted by atomic mass is 10.3. The van der Waals surface area contributed by atoms with E-state index >= 15 is 0 Å². The number of hydrogen-bond donors (Lipinski definition) is 0. The van der Waals surface area contributed by atoms with Crippen molar-refractivity contribution in [2.24, 2.45) is 0 Å². The molecule has 0 aromatic heterocycles. The first-order chi connectivity index (χ1) is 4.33. The fourth-order valence-corrected chi connectivity index (χ4v) is 3.25. The molecule has 0 amide bonds. The van der Waals surface area contributed by atoms with Crippen LogP contribution in [0.5, 0.6) is 0 Å². The molecule has 3 aliphatic rings. The molecule has 0 N–H and O–H groups in total. The fraction of sp³-hybridized carbons (Fsp3) is 0.750. The topological polar surface area (TPSA) is 0 Å². The summed E-state index contributed by atoms with van der Waals surface area (Å²) in [4.78, 5) is 0. The van der Waals surface area contributed by atoms with E-state index in [0.29, 0.717) is 9.49 Å². The lowest BCUT2D eigenvalue weighted by Crippen LogP contribution is -1.97. The van der Waals surface area contributed by atoms with Crippen LogP contribution in [0.15, 0.2) is 12.2 Å². The minimum Gasteiger partial charge on any atom is -0.140 e. The first-order valence-electron chi connectivity index (χ1n) is 3.73. The van der Waals surface area contributed by atoms with E-state index in [1.165, 1.54) is 25.7 Å². The molecule has 3 rings (SSSR count). The maximum Gasteiger partial charge on any atom is 0.0349 e. The van der Waals surface area contributed by atoms with Crippen LogP contribution in [-0.4, -0.2) is 9.49 Å². The highest BCUT2D eigenvalue weighted by Crippen LogP contribution is 2.67. The van der Waals surface area contributed by atoms with E-state index in [-0.39, 0.29) is 0 Å². The van der Waals surface area contributed by atoms with Crippen LogP contribution < -0.4 is 0 Å².